The minimum atomic E-state index is -0.270. The zero-order chi connectivity index (χ0) is 15.0. The molecule has 0 aliphatic carbocycles. The van der Waals surface area contributed by atoms with Crippen LogP contribution in [-0.4, -0.2) is 9.55 Å². The Bertz CT molecular complexity index is 811. The van der Waals surface area contributed by atoms with Gasteiger partial charge in [-0.05, 0) is 52.7 Å². The van der Waals surface area contributed by atoms with Gasteiger partial charge in [-0.2, -0.15) is 0 Å². The number of nitrogens with two attached hydrogens (primary N) is 1. The van der Waals surface area contributed by atoms with Crippen LogP contribution in [0.3, 0.4) is 0 Å². The Labute approximate surface area is 130 Å². The molecule has 0 fully saturated rings. The average Bonchev–Trinajstić information content (AvgIpc) is 2.80. The predicted molar refractivity (Wildman–Crippen MR) is 87.5 cm³/mol. The molecule has 0 saturated carbocycles. The van der Waals surface area contributed by atoms with Gasteiger partial charge in [0.05, 0.1) is 11.0 Å². The SMILES string of the molecule is CCCn1c(-c2ccc(N)c(Br)c2)nc2cc(F)ccc21. The minimum Gasteiger partial charge on any atom is -0.398 e. The second-order valence-corrected chi connectivity index (χ2v) is 5.81. The van der Waals surface area contributed by atoms with Crippen LogP contribution in [0, 0.1) is 5.82 Å². The molecule has 0 aliphatic rings. The summed E-state index contributed by atoms with van der Waals surface area (Å²) in [6.07, 6.45) is 0.978. The van der Waals surface area contributed by atoms with Gasteiger partial charge in [0.15, 0.2) is 0 Å². The van der Waals surface area contributed by atoms with Crippen molar-refractivity contribution in [3.8, 4) is 11.4 Å². The van der Waals surface area contributed by atoms with Crippen molar-refractivity contribution in [1.82, 2.24) is 9.55 Å². The first-order valence-electron chi connectivity index (χ1n) is 6.81. The van der Waals surface area contributed by atoms with Gasteiger partial charge in [-0.1, -0.05) is 6.92 Å². The van der Waals surface area contributed by atoms with E-state index in [0.717, 1.165) is 34.3 Å². The lowest BCUT2D eigenvalue weighted by Crippen LogP contribution is -2.00. The third kappa shape index (κ3) is 2.53. The highest BCUT2D eigenvalue weighted by Crippen LogP contribution is 2.30. The van der Waals surface area contributed by atoms with E-state index >= 15 is 0 Å². The fraction of sp³-hybridized carbons (Fsp3) is 0.188. The highest BCUT2D eigenvalue weighted by molar-refractivity contribution is 9.10. The van der Waals surface area contributed by atoms with Crippen molar-refractivity contribution >= 4 is 32.7 Å². The van der Waals surface area contributed by atoms with E-state index in [2.05, 4.69) is 32.4 Å². The molecule has 0 saturated heterocycles. The van der Waals surface area contributed by atoms with Crippen LogP contribution in [0.25, 0.3) is 22.4 Å². The molecule has 1 aromatic heterocycles. The summed E-state index contributed by atoms with van der Waals surface area (Å²) in [6.45, 7) is 2.94. The minimum absolute atomic E-state index is 0.270. The Balaban J connectivity index is 2.24. The highest BCUT2D eigenvalue weighted by Gasteiger charge is 2.13. The van der Waals surface area contributed by atoms with Crippen LogP contribution in [0.5, 0.6) is 0 Å². The number of benzene rings is 2. The van der Waals surface area contributed by atoms with Gasteiger partial charge < -0.3 is 10.3 Å². The number of hydrogen-bond acceptors (Lipinski definition) is 2. The standard InChI is InChI=1S/C16H15BrFN3/c1-2-7-21-15-6-4-11(18)9-14(15)20-16(21)10-3-5-13(19)12(17)8-10/h3-6,8-9H,2,7,19H2,1H3. The fourth-order valence-electron chi connectivity index (χ4n) is 2.44. The summed E-state index contributed by atoms with van der Waals surface area (Å²) in [6, 6.07) is 10.4. The molecule has 0 radical (unpaired) electrons. The van der Waals surface area contributed by atoms with Crippen LogP contribution in [0.1, 0.15) is 13.3 Å². The smallest absolute Gasteiger partial charge is 0.141 e. The number of hydrogen-bond donors (Lipinski definition) is 1. The molecule has 0 atom stereocenters. The van der Waals surface area contributed by atoms with Gasteiger partial charge in [0.25, 0.3) is 0 Å². The van der Waals surface area contributed by atoms with Crippen molar-refractivity contribution in [2.45, 2.75) is 19.9 Å². The Morgan fingerprint density at radius 1 is 1.24 bits per heavy atom. The van der Waals surface area contributed by atoms with E-state index in [9.17, 15) is 4.39 Å². The topological polar surface area (TPSA) is 43.8 Å². The first kappa shape index (κ1) is 14.1. The lowest BCUT2D eigenvalue weighted by atomic mass is 10.2. The zero-order valence-corrected chi connectivity index (χ0v) is 13.2. The van der Waals surface area contributed by atoms with Gasteiger partial charge in [0, 0.05) is 28.3 Å². The summed E-state index contributed by atoms with van der Waals surface area (Å²) in [5.41, 5.74) is 9.10. The van der Waals surface area contributed by atoms with Gasteiger partial charge in [0.2, 0.25) is 0 Å². The van der Waals surface area contributed by atoms with Crippen LogP contribution in [0.4, 0.5) is 10.1 Å². The number of halogens is 2. The summed E-state index contributed by atoms with van der Waals surface area (Å²) < 4.78 is 16.4. The molecule has 0 amide bonds. The first-order valence-corrected chi connectivity index (χ1v) is 7.60. The normalized spacial score (nSPS) is 11.2. The maximum absolute atomic E-state index is 13.4. The van der Waals surface area contributed by atoms with Gasteiger partial charge in [0.1, 0.15) is 11.6 Å². The molecule has 0 unspecified atom stereocenters. The molecule has 3 rings (SSSR count). The highest BCUT2D eigenvalue weighted by atomic mass is 79.9. The summed E-state index contributed by atoms with van der Waals surface area (Å²) >= 11 is 3.44. The van der Waals surface area contributed by atoms with E-state index in [1.807, 2.05) is 18.2 Å². The fourth-order valence-corrected chi connectivity index (χ4v) is 2.82. The van der Waals surface area contributed by atoms with Crippen LogP contribution in [-0.2, 0) is 6.54 Å². The van der Waals surface area contributed by atoms with Gasteiger partial charge in [-0.3, -0.25) is 0 Å². The number of aromatic nitrogens is 2. The monoisotopic (exact) mass is 347 g/mol. The Morgan fingerprint density at radius 3 is 2.76 bits per heavy atom. The van der Waals surface area contributed by atoms with Crippen molar-refractivity contribution < 1.29 is 4.39 Å². The summed E-state index contributed by atoms with van der Waals surface area (Å²) in [4.78, 5) is 4.59. The molecule has 108 valence electrons. The summed E-state index contributed by atoms with van der Waals surface area (Å²) in [7, 11) is 0. The average molecular weight is 348 g/mol. The van der Waals surface area contributed by atoms with Gasteiger partial charge >= 0.3 is 0 Å². The number of imidazole rings is 1. The molecule has 0 aliphatic heterocycles. The van der Waals surface area contributed by atoms with E-state index in [1.165, 1.54) is 12.1 Å². The van der Waals surface area contributed by atoms with E-state index in [-0.39, 0.29) is 5.82 Å². The largest absolute Gasteiger partial charge is 0.398 e. The van der Waals surface area contributed by atoms with Gasteiger partial charge in [-0.25, -0.2) is 9.37 Å². The van der Waals surface area contributed by atoms with Crippen molar-refractivity contribution in [2.24, 2.45) is 0 Å². The number of fused-ring (bicyclic) bond motifs is 1. The molecule has 0 bridgehead atoms. The molecular formula is C16H15BrFN3. The van der Waals surface area contributed by atoms with Crippen LogP contribution in [0.15, 0.2) is 40.9 Å². The number of anilines is 1. The third-order valence-corrected chi connectivity index (χ3v) is 4.10. The first-order chi connectivity index (χ1) is 10.1. The maximum atomic E-state index is 13.4. The molecule has 2 aromatic carbocycles. The second-order valence-electron chi connectivity index (χ2n) is 4.96. The Morgan fingerprint density at radius 2 is 2.05 bits per heavy atom. The van der Waals surface area contributed by atoms with Crippen molar-refractivity contribution in [3.05, 3.63) is 46.7 Å². The van der Waals surface area contributed by atoms with Crippen molar-refractivity contribution in [3.63, 3.8) is 0 Å². The Hall–Kier alpha value is -1.88. The van der Waals surface area contributed by atoms with Crippen LogP contribution >= 0.6 is 15.9 Å². The van der Waals surface area contributed by atoms with E-state index in [0.29, 0.717) is 11.2 Å². The molecule has 3 nitrogen and oxygen atoms in total. The second kappa shape index (κ2) is 5.48. The lowest BCUT2D eigenvalue weighted by molar-refractivity contribution is 0.629. The molecule has 21 heavy (non-hydrogen) atoms. The number of nitrogen functional groups attached to an aromatic ring is 1. The van der Waals surface area contributed by atoms with Gasteiger partial charge in [-0.15, -0.1) is 0 Å². The van der Waals surface area contributed by atoms with E-state index in [1.54, 1.807) is 6.07 Å². The molecule has 3 aromatic rings. The summed E-state index contributed by atoms with van der Waals surface area (Å²) in [5, 5.41) is 0. The quantitative estimate of drug-likeness (QED) is 0.703. The molecule has 0 spiro atoms. The number of nitrogens with zero attached hydrogens (tertiary/aromatic N) is 2. The Kier molecular flexibility index (Phi) is 3.68. The lowest BCUT2D eigenvalue weighted by Gasteiger charge is -2.09. The molecule has 5 heteroatoms. The van der Waals surface area contributed by atoms with Crippen molar-refractivity contribution in [2.75, 3.05) is 5.73 Å². The van der Waals surface area contributed by atoms with E-state index in [4.69, 9.17) is 5.73 Å². The molecule has 1 heterocycles. The summed E-state index contributed by atoms with van der Waals surface area (Å²) in [5.74, 6) is 0.562. The van der Waals surface area contributed by atoms with Crippen molar-refractivity contribution in [1.29, 1.82) is 0 Å². The van der Waals surface area contributed by atoms with E-state index < -0.39 is 0 Å². The molecule has 2 N–H and O–H groups in total. The zero-order valence-electron chi connectivity index (χ0n) is 11.6. The van der Waals surface area contributed by atoms with Crippen LogP contribution < -0.4 is 5.73 Å². The van der Waals surface area contributed by atoms with Crippen LogP contribution in [0.2, 0.25) is 0 Å². The predicted octanol–water partition coefficient (Wildman–Crippen LogP) is 4.60. The number of aryl methyl sites for hydroxylation is 1. The third-order valence-electron chi connectivity index (χ3n) is 3.42. The maximum Gasteiger partial charge on any atom is 0.141 e. The number of rotatable bonds is 3. The molecular weight excluding hydrogens is 333 g/mol.